The number of nitriles is 1. The van der Waals surface area contributed by atoms with Crippen LogP contribution in [0.4, 0.5) is 11.5 Å². The highest BCUT2D eigenvalue weighted by molar-refractivity contribution is 5.87. The molecule has 2 aromatic rings. The molecule has 42 heavy (non-hydrogen) atoms. The van der Waals surface area contributed by atoms with Crippen molar-refractivity contribution in [2.45, 2.75) is 76.4 Å². The monoisotopic (exact) mass is 570 g/mol. The number of hydrogen-bond donors (Lipinski definition) is 0. The van der Waals surface area contributed by atoms with Crippen LogP contribution >= 0.6 is 0 Å². The first kappa shape index (κ1) is 28.4. The summed E-state index contributed by atoms with van der Waals surface area (Å²) >= 11 is 0. The Morgan fingerprint density at radius 1 is 1.05 bits per heavy atom. The molecular weight excluding hydrogens is 528 g/mol. The lowest BCUT2D eigenvalue weighted by molar-refractivity contribution is -0.128. The molecule has 0 N–H and O–H groups in total. The van der Waals surface area contributed by atoms with Gasteiger partial charge < -0.3 is 24.3 Å². The van der Waals surface area contributed by atoms with E-state index in [-0.39, 0.29) is 18.4 Å². The number of carbonyl (C=O) groups excluding carboxylic acids is 1. The fourth-order valence-electron chi connectivity index (χ4n) is 7.12. The number of likely N-dealkylation sites (N-methyl/N-ethyl adjacent to an activating group) is 1. The molecule has 3 aliphatic heterocycles. The van der Waals surface area contributed by atoms with Crippen LogP contribution in [-0.2, 0) is 30.6 Å². The van der Waals surface area contributed by atoms with E-state index in [4.69, 9.17) is 19.7 Å². The minimum atomic E-state index is -0.220. The lowest BCUT2D eigenvalue weighted by atomic mass is 9.94. The molecule has 1 amide bonds. The number of aryl methyl sites for hydroxylation is 1. The third-order valence-corrected chi connectivity index (χ3v) is 9.44. The Morgan fingerprint density at radius 3 is 2.71 bits per heavy atom. The van der Waals surface area contributed by atoms with Crippen LogP contribution in [0.3, 0.4) is 0 Å². The first-order valence-corrected chi connectivity index (χ1v) is 15.5. The third kappa shape index (κ3) is 5.80. The highest BCUT2D eigenvalue weighted by Crippen LogP contribution is 2.35. The standard InChI is InChI=1S/C32H42N8O2/c1-3-30(41)40-19-18-39(20-23(40)12-14-33)31-26-10-7-17-38(29-13-15-34-27-11-5-4-9-25(27)29)21-28(26)35-32(36-31)42-22-24-8-6-16-37(24)2/h3,13,15,23-24H,1,4-12,16-22H2,2H3/t23-,24-/m0/s1. The smallest absolute Gasteiger partial charge is 0.318 e. The van der Waals surface area contributed by atoms with Crippen molar-refractivity contribution < 1.29 is 9.53 Å². The maximum absolute atomic E-state index is 12.6. The van der Waals surface area contributed by atoms with E-state index in [1.54, 1.807) is 4.90 Å². The minimum Gasteiger partial charge on any atom is -0.462 e. The number of anilines is 2. The summed E-state index contributed by atoms with van der Waals surface area (Å²) in [6.45, 7) is 8.65. The molecule has 2 atom stereocenters. The highest BCUT2D eigenvalue weighted by Gasteiger charge is 2.33. The van der Waals surface area contributed by atoms with Crippen LogP contribution in [0.25, 0.3) is 0 Å². The normalized spacial score (nSPS) is 22.6. The van der Waals surface area contributed by atoms with Crippen LogP contribution in [0.1, 0.15) is 61.0 Å². The summed E-state index contributed by atoms with van der Waals surface area (Å²) in [4.78, 5) is 36.2. The molecule has 5 heterocycles. The van der Waals surface area contributed by atoms with Gasteiger partial charge in [0, 0.05) is 55.4 Å². The van der Waals surface area contributed by atoms with Crippen molar-refractivity contribution in [3.05, 3.63) is 47.4 Å². The van der Waals surface area contributed by atoms with E-state index < -0.39 is 0 Å². The number of fused-ring (bicyclic) bond motifs is 2. The Hall–Kier alpha value is -3.71. The van der Waals surface area contributed by atoms with Crippen LogP contribution in [-0.4, -0.2) is 89.1 Å². The van der Waals surface area contributed by atoms with Gasteiger partial charge in [-0.2, -0.15) is 15.2 Å². The van der Waals surface area contributed by atoms with Gasteiger partial charge in [0.2, 0.25) is 5.91 Å². The number of amides is 1. The molecule has 4 aliphatic rings. The van der Waals surface area contributed by atoms with E-state index in [1.807, 2.05) is 6.20 Å². The molecule has 0 spiro atoms. The molecule has 2 saturated heterocycles. The average Bonchev–Trinajstić information content (AvgIpc) is 3.31. The lowest BCUT2D eigenvalue weighted by Gasteiger charge is -2.41. The molecule has 0 saturated carbocycles. The van der Waals surface area contributed by atoms with E-state index in [0.29, 0.717) is 44.8 Å². The SMILES string of the molecule is C=CC(=O)N1CCN(c2nc(OC[C@@H]3CCCN3C)nc3c2CCCN(c2ccnc4c2CCCC4)C3)C[C@@H]1CC#N. The van der Waals surface area contributed by atoms with Crippen LogP contribution in [0.5, 0.6) is 6.01 Å². The molecule has 10 nitrogen and oxygen atoms in total. The van der Waals surface area contributed by atoms with Gasteiger partial charge in [-0.15, -0.1) is 0 Å². The number of likely N-dealkylation sites (tertiary alicyclic amines) is 1. The summed E-state index contributed by atoms with van der Waals surface area (Å²) in [5.41, 5.74) is 6.09. The lowest BCUT2D eigenvalue weighted by Crippen LogP contribution is -2.55. The first-order valence-electron chi connectivity index (χ1n) is 15.5. The van der Waals surface area contributed by atoms with Crippen molar-refractivity contribution in [1.29, 1.82) is 5.26 Å². The van der Waals surface area contributed by atoms with Gasteiger partial charge in [-0.1, -0.05) is 6.58 Å². The summed E-state index contributed by atoms with van der Waals surface area (Å²) in [5, 5.41) is 9.55. The molecule has 2 aromatic heterocycles. The maximum Gasteiger partial charge on any atom is 0.318 e. The predicted molar refractivity (Wildman–Crippen MR) is 162 cm³/mol. The Labute approximate surface area is 249 Å². The van der Waals surface area contributed by atoms with Crippen LogP contribution < -0.4 is 14.5 Å². The molecule has 0 unspecified atom stereocenters. The van der Waals surface area contributed by atoms with Crippen molar-refractivity contribution in [2.24, 2.45) is 0 Å². The van der Waals surface area contributed by atoms with Gasteiger partial charge in [0.05, 0.1) is 30.8 Å². The van der Waals surface area contributed by atoms with Gasteiger partial charge in [-0.3, -0.25) is 9.78 Å². The molecule has 0 aromatic carbocycles. The van der Waals surface area contributed by atoms with E-state index in [2.05, 4.69) is 40.5 Å². The molecule has 10 heteroatoms. The first-order chi connectivity index (χ1) is 20.6. The maximum atomic E-state index is 12.6. The second-order valence-electron chi connectivity index (χ2n) is 12.0. The number of ether oxygens (including phenoxy) is 1. The van der Waals surface area contributed by atoms with Gasteiger partial charge in [0.15, 0.2) is 0 Å². The zero-order valence-corrected chi connectivity index (χ0v) is 24.8. The second-order valence-corrected chi connectivity index (χ2v) is 12.0. The number of rotatable bonds is 7. The summed E-state index contributed by atoms with van der Waals surface area (Å²) in [6, 6.07) is 5.02. The Balaban J connectivity index is 1.33. The Bertz CT molecular complexity index is 1360. The number of carbonyl (C=O) groups is 1. The minimum absolute atomic E-state index is 0.127. The fourth-order valence-corrected chi connectivity index (χ4v) is 7.12. The number of nitrogens with zero attached hydrogens (tertiary/aromatic N) is 8. The molecule has 2 fully saturated rings. The van der Waals surface area contributed by atoms with Crippen molar-refractivity contribution in [3.63, 3.8) is 0 Å². The second kappa shape index (κ2) is 12.7. The van der Waals surface area contributed by atoms with Gasteiger partial charge in [-0.25, -0.2) is 0 Å². The van der Waals surface area contributed by atoms with Crippen molar-refractivity contribution in [1.82, 2.24) is 24.8 Å². The zero-order valence-electron chi connectivity index (χ0n) is 24.8. The summed E-state index contributed by atoms with van der Waals surface area (Å²) in [5.74, 6) is 0.763. The average molecular weight is 571 g/mol. The van der Waals surface area contributed by atoms with Crippen LogP contribution in [0.15, 0.2) is 24.9 Å². The van der Waals surface area contributed by atoms with Crippen LogP contribution in [0, 0.1) is 11.3 Å². The van der Waals surface area contributed by atoms with E-state index in [0.717, 1.165) is 62.3 Å². The van der Waals surface area contributed by atoms with Gasteiger partial charge >= 0.3 is 6.01 Å². The summed E-state index contributed by atoms with van der Waals surface area (Å²) < 4.78 is 6.33. The van der Waals surface area contributed by atoms with Crippen LogP contribution in [0.2, 0.25) is 0 Å². The van der Waals surface area contributed by atoms with Gasteiger partial charge in [0.1, 0.15) is 12.4 Å². The highest BCUT2D eigenvalue weighted by atomic mass is 16.5. The van der Waals surface area contributed by atoms with E-state index >= 15 is 0 Å². The quantitative estimate of drug-likeness (QED) is 0.464. The number of aromatic nitrogens is 3. The van der Waals surface area contributed by atoms with Crippen molar-refractivity contribution >= 4 is 17.4 Å². The predicted octanol–water partition coefficient (Wildman–Crippen LogP) is 3.29. The molecule has 0 bridgehead atoms. The summed E-state index contributed by atoms with van der Waals surface area (Å²) in [6.07, 6.45) is 12.3. The third-order valence-electron chi connectivity index (χ3n) is 9.44. The number of hydrogen-bond acceptors (Lipinski definition) is 9. The zero-order chi connectivity index (χ0) is 29.1. The summed E-state index contributed by atoms with van der Waals surface area (Å²) in [7, 11) is 2.15. The number of pyridine rings is 1. The van der Waals surface area contributed by atoms with Gasteiger partial charge in [-0.05, 0) is 82.7 Å². The molecule has 222 valence electrons. The molecular formula is C32H42N8O2. The molecule has 1 aliphatic carbocycles. The molecule has 0 radical (unpaired) electrons. The Morgan fingerprint density at radius 2 is 1.90 bits per heavy atom. The van der Waals surface area contributed by atoms with Gasteiger partial charge in [0.25, 0.3) is 0 Å². The van der Waals surface area contributed by atoms with E-state index in [1.165, 1.54) is 42.3 Å². The fraction of sp³-hybridized carbons (Fsp3) is 0.594. The van der Waals surface area contributed by atoms with Crippen molar-refractivity contribution in [3.8, 4) is 12.1 Å². The largest absolute Gasteiger partial charge is 0.462 e. The molecule has 6 rings (SSSR count). The number of piperazine rings is 1. The Kier molecular flexibility index (Phi) is 8.56. The van der Waals surface area contributed by atoms with E-state index in [9.17, 15) is 10.1 Å². The van der Waals surface area contributed by atoms with Crippen molar-refractivity contribution in [2.75, 3.05) is 56.2 Å². The topological polar surface area (TPSA) is 102 Å².